The maximum absolute atomic E-state index is 11.6. The van der Waals surface area contributed by atoms with E-state index >= 15 is 0 Å². The minimum absolute atomic E-state index is 0.0478. The molecule has 23 heavy (non-hydrogen) atoms. The van der Waals surface area contributed by atoms with Crippen LogP contribution in [0.15, 0.2) is 4.99 Å². The molecule has 130 valence electrons. The van der Waals surface area contributed by atoms with Crippen molar-refractivity contribution in [2.75, 3.05) is 19.8 Å². The second-order valence-corrected chi connectivity index (χ2v) is 6.09. The van der Waals surface area contributed by atoms with Crippen LogP contribution in [0, 0.1) is 11.8 Å². The van der Waals surface area contributed by atoms with Gasteiger partial charge >= 0.3 is 0 Å². The zero-order valence-corrected chi connectivity index (χ0v) is 14.8. The Morgan fingerprint density at radius 3 is 2.57 bits per heavy atom. The highest BCUT2D eigenvalue weighted by molar-refractivity contribution is 7.80. The maximum Gasteiger partial charge on any atom is 0.244 e. The summed E-state index contributed by atoms with van der Waals surface area (Å²) in [6.45, 7) is 6.37. The number of rotatable bonds is 11. The van der Waals surface area contributed by atoms with E-state index in [0.717, 1.165) is 19.4 Å². The summed E-state index contributed by atoms with van der Waals surface area (Å²) in [4.78, 5) is 27.3. The van der Waals surface area contributed by atoms with Crippen LogP contribution in [0.1, 0.15) is 46.0 Å². The van der Waals surface area contributed by atoms with Gasteiger partial charge in [-0.1, -0.05) is 33.1 Å². The molecular weight excluding hydrogens is 314 g/mol. The third-order valence-corrected chi connectivity index (χ3v) is 3.97. The smallest absolute Gasteiger partial charge is 0.244 e. The predicted molar refractivity (Wildman–Crippen MR) is 94.5 cm³/mol. The molecule has 1 aliphatic heterocycles. The molecule has 0 radical (unpaired) electrons. The number of nitrogens with zero attached hydrogens (tertiary/aromatic N) is 1. The minimum atomic E-state index is -0.902. The number of carbonyl (C=O) groups is 2. The van der Waals surface area contributed by atoms with Gasteiger partial charge in [-0.3, -0.25) is 14.6 Å². The van der Waals surface area contributed by atoms with Crippen LogP contribution in [0.3, 0.4) is 0 Å². The van der Waals surface area contributed by atoms with E-state index in [1.807, 2.05) is 0 Å². The fourth-order valence-electron chi connectivity index (χ4n) is 2.25. The molecule has 0 aromatic carbocycles. The molecule has 2 N–H and O–H groups in total. The van der Waals surface area contributed by atoms with E-state index in [1.165, 1.54) is 25.5 Å². The third kappa shape index (κ3) is 7.65. The number of amides is 2. The summed E-state index contributed by atoms with van der Waals surface area (Å²) >= 11 is 4.73. The Labute approximate surface area is 143 Å². The fraction of sp³-hybridized carbons (Fsp3) is 0.750. The molecule has 1 fully saturated rings. The van der Waals surface area contributed by atoms with Crippen molar-refractivity contribution in [1.82, 2.24) is 10.6 Å². The lowest BCUT2D eigenvalue weighted by molar-refractivity contribution is -0.131. The van der Waals surface area contributed by atoms with Gasteiger partial charge in [0.25, 0.3) is 0 Å². The molecule has 6 nitrogen and oxygen atoms in total. The molecule has 2 amide bonds. The molecule has 0 unspecified atom stereocenters. The Morgan fingerprint density at radius 1 is 1.26 bits per heavy atom. The summed E-state index contributed by atoms with van der Waals surface area (Å²) in [5.41, 5.74) is 0. The Balaban J connectivity index is 2.15. The molecule has 0 aliphatic carbocycles. The molecule has 1 rings (SSSR count). The van der Waals surface area contributed by atoms with Crippen molar-refractivity contribution in [3.05, 3.63) is 0 Å². The summed E-state index contributed by atoms with van der Waals surface area (Å²) in [5.74, 6) is -1.13. The van der Waals surface area contributed by atoms with Crippen LogP contribution in [-0.2, 0) is 14.3 Å². The van der Waals surface area contributed by atoms with Crippen molar-refractivity contribution < 1.29 is 14.3 Å². The van der Waals surface area contributed by atoms with Gasteiger partial charge in [0.05, 0.1) is 0 Å². The van der Waals surface area contributed by atoms with Crippen molar-refractivity contribution in [2.24, 2.45) is 16.8 Å². The topological polar surface area (TPSA) is 79.8 Å². The summed E-state index contributed by atoms with van der Waals surface area (Å²) < 4.78 is 5.68. The number of ether oxygens (including phenoxy) is 1. The van der Waals surface area contributed by atoms with Gasteiger partial charge in [-0.25, -0.2) is 0 Å². The number of unbranched alkanes of at least 4 members (excludes halogenated alkanes) is 1. The van der Waals surface area contributed by atoms with E-state index in [0.29, 0.717) is 19.1 Å². The molecule has 7 heteroatoms. The van der Waals surface area contributed by atoms with Crippen LogP contribution in [0.5, 0.6) is 0 Å². The monoisotopic (exact) mass is 341 g/mol. The maximum atomic E-state index is 11.6. The normalized spacial score (nSPS) is 17.4. The predicted octanol–water partition coefficient (Wildman–Crippen LogP) is 1.83. The highest BCUT2D eigenvalue weighted by Gasteiger charge is 2.30. The first-order chi connectivity index (χ1) is 11.1. The number of hydrogen-bond acceptors (Lipinski definition) is 5. The molecule has 1 heterocycles. The van der Waals surface area contributed by atoms with Crippen LogP contribution in [-0.4, -0.2) is 42.9 Å². The van der Waals surface area contributed by atoms with Crippen LogP contribution >= 0.6 is 12.2 Å². The fourth-order valence-corrected chi connectivity index (χ4v) is 2.45. The zero-order valence-electron chi connectivity index (χ0n) is 14.0. The highest BCUT2D eigenvalue weighted by atomic mass is 32.1. The second-order valence-electron chi connectivity index (χ2n) is 5.69. The molecule has 1 saturated heterocycles. The van der Waals surface area contributed by atoms with E-state index in [4.69, 9.17) is 17.0 Å². The standard InChI is InChI=1S/C16H27N3O3S/c1-3-5-7-12(4-2)11-22-9-6-8-17-10-13-14(20)18-16(23)19-15(13)21/h10,12-13H,3-9,11H2,1-2H3,(H2,18,19,20,21,23)/t12-/m0/s1. The average Bonchev–Trinajstić information content (AvgIpc) is 2.51. The van der Waals surface area contributed by atoms with Crippen LogP contribution in [0.2, 0.25) is 0 Å². The molecule has 0 bridgehead atoms. The Kier molecular flexibility index (Phi) is 9.63. The van der Waals surface area contributed by atoms with Crippen LogP contribution in [0.4, 0.5) is 0 Å². The molecule has 0 aromatic rings. The Morgan fingerprint density at radius 2 is 1.96 bits per heavy atom. The first-order valence-electron chi connectivity index (χ1n) is 8.31. The first-order valence-corrected chi connectivity index (χ1v) is 8.72. The zero-order chi connectivity index (χ0) is 17.1. The van der Waals surface area contributed by atoms with Gasteiger partial charge in [0.2, 0.25) is 11.8 Å². The largest absolute Gasteiger partial charge is 0.381 e. The van der Waals surface area contributed by atoms with Crippen molar-refractivity contribution >= 4 is 35.4 Å². The van der Waals surface area contributed by atoms with Crippen LogP contribution in [0.25, 0.3) is 0 Å². The number of hydrogen-bond donors (Lipinski definition) is 2. The third-order valence-electron chi connectivity index (χ3n) is 3.77. The summed E-state index contributed by atoms with van der Waals surface area (Å²) in [6, 6.07) is 0. The van der Waals surface area contributed by atoms with Gasteiger partial charge in [-0.2, -0.15) is 0 Å². The molecule has 0 spiro atoms. The van der Waals surface area contributed by atoms with Gasteiger partial charge in [0.1, 0.15) is 0 Å². The van der Waals surface area contributed by atoms with Gasteiger partial charge in [0, 0.05) is 26.0 Å². The molecule has 0 saturated carbocycles. The Bertz CT molecular complexity index is 420. The van der Waals surface area contributed by atoms with Gasteiger partial charge in [-0.05, 0) is 31.0 Å². The van der Waals surface area contributed by atoms with Gasteiger partial charge in [0.15, 0.2) is 11.0 Å². The van der Waals surface area contributed by atoms with Gasteiger partial charge in [-0.15, -0.1) is 0 Å². The average molecular weight is 341 g/mol. The van der Waals surface area contributed by atoms with Gasteiger partial charge < -0.3 is 15.4 Å². The van der Waals surface area contributed by atoms with Crippen molar-refractivity contribution in [2.45, 2.75) is 46.0 Å². The lowest BCUT2D eigenvalue weighted by Gasteiger charge is -2.19. The summed E-state index contributed by atoms with van der Waals surface area (Å²) in [7, 11) is 0. The van der Waals surface area contributed by atoms with Crippen LogP contribution < -0.4 is 10.6 Å². The van der Waals surface area contributed by atoms with E-state index in [2.05, 4.69) is 29.5 Å². The summed E-state index contributed by atoms with van der Waals surface area (Å²) in [6.07, 6.45) is 6.99. The van der Waals surface area contributed by atoms with Crippen molar-refractivity contribution in [3.8, 4) is 0 Å². The molecule has 1 aliphatic rings. The molecular formula is C16H27N3O3S. The quantitative estimate of drug-likeness (QED) is 0.260. The van der Waals surface area contributed by atoms with E-state index in [9.17, 15) is 9.59 Å². The first kappa shape index (κ1) is 19.7. The number of thiocarbonyl (C=S) groups is 1. The van der Waals surface area contributed by atoms with Crippen molar-refractivity contribution in [3.63, 3.8) is 0 Å². The Hall–Kier alpha value is -1.34. The van der Waals surface area contributed by atoms with E-state index in [-0.39, 0.29) is 5.11 Å². The van der Waals surface area contributed by atoms with E-state index < -0.39 is 17.7 Å². The lowest BCUT2D eigenvalue weighted by Crippen LogP contribution is -2.56. The number of carbonyl (C=O) groups excluding carboxylic acids is 2. The van der Waals surface area contributed by atoms with Crippen molar-refractivity contribution in [1.29, 1.82) is 0 Å². The summed E-state index contributed by atoms with van der Waals surface area (Å²) in [5, 5.41) is 4.85. The number of nitrogens with one attached hydrogen (secondary N) is 2. The minimum Gasteiger partial charge on any atom is -0.381 e. The van der Waals surface area contributed by atoms with E-state index in [1.54, 1.807) is 0 Å². The highest BCUT2D eigenvalue weighted by Crippen LogP contribution is 2.12. The molecule has 0 aromatic heterocycles. The number of aliphatic imine (C=N–C) groups is 1. The second kappa shape index (κ2) is 11.2. The lowest BCUT2D eigenvalue weighted by atomic mass is 10.0. The SMILES string of the molecule is CCCC[C@H](CC)COCCCN=CC1C(=O)NC(=S)NC1=O. The molecule has 1 atom stereocenters.